The van der Waals surface area contributed by atoms with E-state index in [0.717, 1.165) is 37.5 Å². The molecule has 0 bridgehead atoms. The Morgan fingerprint density at radius 3 is 0.745 bits per heavy atom. The lowest BCUT2D eigenvalue weighted by molar-refractivity contribution is -0.139. The van der Waals surface area contributed by atoms with Crippen LogP contribution in [-0.4, -0.2) is 79.4 Å². The van der Waals surface area contributed by atoms with E-state index >= 15 is 0 Å². The minimum absolute atomic E-state index is 0.0628. The quantitative estimate of drug-likeness (QED) is 0.0333. The number of aliphatic hydroxyl groups excluding tert-OH is 3. The van der Waals surface area contributed by atoms with Gasteiger partial charge in [-0.25, -0.2) is 0 Å². The molecule has 0 radical (unpaired) electrons. The van der Waals surface area contributed by atoms with Crippen LogP contribution in [0.15, 0.2) is 0 Å². The summed E-state index contributed by atoms with van der Waals surface area (Å²) in [7, 11) is 0. The Kier molecular flexibility index (Phi) is 45.9. The molecule has 0 saturated carbocycles. The van der Waals surface area contributed by atoms with Gasteiger partial charge in [-0.2, -0.15) is 0 Å². The van der Waals surface area contributed by atoms with Crippen molar-refractivity contribution in [2.75, 3.05) is 19.8 Å². The lowest BCUT2D eigenvalue weighted by Gasteiger charge is -2.24. The van der Waals surface area contributed by atoms with Gasteiger partial charge in [-0.15, -0.1) is 0 Å². The molecule has 0 aromatic carbocycles. The molecule has 7 N–H and O–H groups in total. The van der Waals surface area contributed by atoms with Gasteiger partial charge in [0.05, 0.1) is 19.8 Å². The zero-order chi connectivity index (χ0) is 39.8. The molecule has 306 valence electrons. The number of rotatable bonds is 31. The van der Waals surface area contributed by atoms with Crippen LogP contribution in [0.3, 0.4) is 0 Å². The zero-order valence-electron chi connectivity index (χ0n) is 33.2. The van der Waals surface area contributed by atoms with Crippen molar-refractivity contribution in [3.8, 4) is 0 Å². The molecular formula is C40H80O11. The van der Waals surface area contributed by atoms with E-state index in [1.807, 2.05) is 6.92 Å². The maximum Gasteiger partial charge on any atom is 0.303 e. The van der Waals surface area contributed by atoms with Gasteiger partial charge in [0, 0.05) is 31.1 Å². The van der Waals surface area contributed by atoms with Crippen molar-refractivity contribution in [2.24, 2.45) is 17.3 Å². The van der Waals surface area contributed by atoms with Gasteiger partial charge in [-0.05, 0) is 43.9 Å². The molecule has 0 aromatic heterocycles. The van der Waals surface area contributed by atoms with E-state index in [1.165, 1.54) is 89.9 Å². The summed E-state index contributed by atoms with van der Waals surface area (Å²) in [5.41, 5.74) is -0.667. The molecule has 0 aliphatic heterocycles. The van der Waals surface area contributed by atoms with E-state index in [2.05, 4.69) is 27.7 Å². The Bertz CT molecular complexity index is 747. The van der Waals surface area contributed by atoms with Crippen LogP contribution in [0.2, 0.25) is 0 Å². The Balaban J connectivity index is -0.000000307. The van der Waals surface area contributed by atoms with Crippen molar-refractivity contribution < 1.29 is 54.9 Å². The number of aliphatic hydroxyl groups is 3. The number of carboxylic acids is 4. The van der Waals surface area contributed by atoms with Crippen LogP contribution in [0.5, 0.6) is 0 Å². The highest BCUT2D eigenvalue weighted by Crippen LogP contribution is 2.18. The summed E-state index contributed by atoms with van der Waals surface area (Å²) in [4.78, 5) is 40.3. The van der Waals surface area contributed by atoms with Gasteiger partial charge in [0.25, 0.3) is 0 Å². The molecule has 0 atom stereocenters. The highest BCUT2D eigenvalue weighted by Gasteiger charge is 2.24. The number of hydrogen-bond acceptors (Lipinski definition) is 7. The molecule has 0 saturated heterocycles. The molecular weight excluding hydrogens is 656 g/mol. The summed E-state index contributed by atoms with van der Waals surface area (Å²) >= 11 is 0. The molecule has 51 heavy (non-hydrogen) atoms. The minimum atomic E-state index is -0.870. The molecule has 0 unspecified atom stereocenters. The van der Waals surface area contributed by atoms with Crippen LogP contribution in [0.4, 0.5) is 0 Å². The second kappa shape index (κ2) is 42.2. The summed E-state index contributed by atoms with van der Waals surface area (Å²) in [5.74, 6) is -1.41. The summed E-state index contributed by atoms with van der Waals surface area (Å²) in [6, 6.07) is 0. The first-order valence-corrected chi connectivity index (χ1v) is 19.8. The van der Waals surface area contributed by atoms with Crippen molar-refractivity contribution in [2.45, 2.75) is 195 Å². The summed E-state index contributed by atoms with van der Waals surface area (Å²) < 4.78 is 0. The Labute approximate surface area is 310 Å². The van der Waals surface area contributed by atoms with Crippen molar-refractivity contribution in [1.29, 1.82) is 0 Å². The average Bonchev–Trinajstić information content (AvgIpc) is 3.06. The van der Waals surface area contributed by atoms with Crippen LogP contribution in [0, 0.1) is 17.3 Å². The van der Waals surface area contributed by atoms with Crippen molar-refractivity contribution in [1.82, 2.24) is 0 Å². The summed E-state index contributed by atoms with van der Waals surface area (Å²) in [5, 5.41) is 59.1. The SMILES string of the molecule is CC(C)CCCCCCC(=O)O.CC(C)CCCCCCCCCCCCCCC(=O)O.CCC(CO)(CO)CO.O=C(O)CCCCC(=O)O. The van der Waals surface area contributed by atoms with Gasteiger partial charge >= 0.3 is 23.9 Å². The third-order valence-electron chi connectivity index (χ3n) is 8.63. The minimum Gasteiger partial charge on any atom is -0.481 e. The van der Waals surface area contributed by atoms with Crippen LogP contribution in [0.1, 0.15) is 195 Å². The molecule has 0 fully saturated rings. The fraction of sp³-hybridized carbons (Fsp3) is 0.900. The molecule has 11 heteroatoms. The highest BCUT2D eigenvalue weighted by molar-refractivity contribution is 5.68. The van der Waals surface area contributed by atoms with E-state index in [1.54, 1.807) is 0 Å². The maximum absolute atomic E-state index is 10.3. The van der Waals surface area contributed by atoms with Gasteiger partial charge in [0.15, 0.2) is 0 Å². The molecule has 0 aliphatic carbocycles. The van der Waals surface area contributed by atoms with E-state index in [4.69, 9.17) is 35.7 Å². The topological polar surface area (TPSA) is 210 Å². The third kappa shape index (κ3) is 54.7. The molecule has 0 spiro atoms. The zero-order valence-corrected chi connectivity index (χ0v) is 33.2. The number of carbonyl (C=O) groups is 4. The molecule has 0 aliphatic rings. The molecule has 0 amide bonds. The predicted molar refractivity (Wildman–Crippen MR) is 205 cm³/mol. The second-order valence-corrected chi connectivity index (χ2v) is 14.6. The van der Waals surface area contributed by atoms with E-state index in [0.29, 0.717) is 32.1 Å². The number of aliphatic carboxylic acids is 4. The first-order chi connectivity index (χ1) is 24.1. The summed E-state index contributed by atoms with van der Waals surface area (Å²) in [6.07, 6.45) is 24.9. The lowest BCUT2D eigenvalue weighted by Crippen LogP contribution is -2.32. The van der Waals surface area contributed by atoms with E-state index < -0.39 is 29.3 Å². The van der Waals surface area contributed by atoms with Crippen LogP contribution < -0.4 is 0 Å². The lowest BCUT2D eigenvalue weighted by atomic mass is 9.88. The second-order valence-electron chi connectivity index (χ2n) is 14.6. The molecule has 11 nitrogen and oxygen atoms in total. The first-order valence-electron chi connectivity index (χ1n) is 19.8. The van der Waals surface area contributed by atoms with Gasteiger partial charge in [0.2, 0.25) is 0 Å². The Morgan fingerprint density at radius 2 is 0.588 bits per heavy atom. The maximum atomic E-state index is 10.3. The number of carboxylic acid groups (broad SMARTS) is 4. The molecule has 0 heterocycles. The van der Waals surface area contributed by atoms with Gasteiger partial charge in [-0.1, -0.05) is 137 Å². The molecule has 0 aromatic rings. The highest BCUT2D eigenvalue weighted by atomic mass is 16.4. The van der Waals surface area contributed by atoms with Gasteiger partial charge in [-0.3, -0.25) is 19.2 Å². The Hall–Kier alpha value is -2.24. The molecule has 0 rings (SSSR count). The van der Waals surface area contributed by atoms with Crippen molar-refractivity contribution in [3.05, 3.63) is 0 Å². The van der Waals surface area contributed by atoms with Crippen LogP contribution >= 0.6 is 0 Å². The number of hydrogen-bond donors (Lipinski definition) is 7. The van der Waals surface area contributed by atoms with Crippen molar-refractivity contribution in [3.63, 3.8) is 0 Å². The fourth-order valence-electron chi connectivity index (χ4n) is 4.82. The van der Waals surface area contributed by atoms with Gasteiger partial charge < -0.3 is 35.7 Å². The standard InChI is InChI=1S/C18H36O2.C10H20O2.C6H10O4.C6H14O3/c1-17(2)15-13-11-9-7-5-3-4-6-8-10-12-14-16-18(19)20;1-9(2)7-5-3-4-6-8-10(11)12;7-5(8)3-1-2-4-6(9)10;1-2-6(3-7,4-8)5-9/h17H,3-16H2,1-2H3,(H,19,20);9H,3-8H2,1-2H3,(H,11,12);1-4H2,(H,7,8)(H,9,10);7-9H,2-5H2,1H3. The van der Waals surface area contributed by atoms with E-state index in [-0.39, 0.29) is 32.7 Å². The largest absolute Gasteiger partial charge is 0.481 e. The van der Waals surface area contributed by atoms with Crippen LogP contribution in [0.25, 0.3) is 0 Å². The monoisotopic (exact) mass is 737 g/mol. The predicted octanol–water partition coefficient (Wildman–Crippen LogP) is 9.33. The average molecular weight is 737 g/mol. The Morgan fingerprint density at radius 1 is 0.392 bits per heavy atom. The smallest absolute Gasteiger partial charge is 0.303 e. The summed E-state index contributed by atoms with van der Waals surface area (Å²) in [6.45, 7) is 10.4. The van der Waals surface area contributed by atoms with Crippen LogP contribution in [-0.2, 0) is 19.2 Å². The van der Waals surface area contributed by atoms with Crippen molar-refractivity contribution >= 4 is 23.9 Å². The first kappa shape index (κ1) is 55.5. The van der Waals surface area contributed by atoms with E-state index in [9.17, 15) is 19.2 Å². The number of unbranched alkanes of at least 4 members (excludes halogenated alkanes) is 15. The normalized spacial score (nSPS) is 10.8. The van der Waals surface area contributed by atoms with Gasteiger partial charge in [0.1, 0.15) is 0 Å². The fourth-order valence-corrected chi connectivity index (χ4v) is 4.82. The third-order valence-corrected chi connectivity index (χ3v) is 8.63.